The zero-order valence-corrected chi connectivity index (χ0v) is 18.0. The highest BCUT2D eigenvalue weighted by molar-refractivity contribution is 7.86. The van der Waals surface area contributed by atoms with Crippen molar-refractivity contribution in [2.75, 3.05) is 26.4 Å². The van der Waals surface area contributed by atoms with E-state index in [9.17, 15) is 4.21 Å². The van der Waals surface area contributed by atoms with Crippen LogP contribution >= 0.6 is 0 Å². The van der Waals surface area contributed by atoms with E-state index in [1.807, 2.05) is 19.1 Å². The van der Waals surface area contributed by atoms with E-state index >= 15 is 0 Å². The first-order chi connectivity index (χ1) is 14.3. The van der Waals surface area contributed by atoms with E-state index in [2.05, 4.69) is 58.7 Å². The normalized spacial score (nSPS) is 29.2. The van der Waals surface area contributed by atoms with Gasteiger partial charge in [0, 0.05) is 49.3 Å². The van der Waals surface area contributed by atoms with Crippen molar-refractivity contribution in [2.45, 2.75) is 48.8 Å². The van der Waals surface area contributed by atoms with Crippen LogP contribution in [0, 0.1) is 0 Å². The molecule has 2 heterocycles. The van der Waals surface area contributed by atoms with Crippen LogP contribution < -0.4 is 5.32 Å². The zero-order valence-electron chi connectivity index (χ0n) is 17.2. The van der Waals surface area contributed by atoms with Crippen molar-refractivity contribution in [1.82, 2.24) is 10.2 Å². The summed E-state index contributed by atoms with van der Waals surface area (Å²) >= 11 is 0. The van der Waals surface area contributed by atoms with Crippen molar-refractivity contribution in [3.8, 4) is 0 Å². The molecule has 0 aliphatic carbocycles. The minimum atomic E-state index is -0.873. The highest BCUT2D eigenvalue weighted by atomic mass is 32.2. The Labute approximate surface area is 177 Å². The Hall–Kier alpha value is -1.53. The van der Waals surface area contributed by atoms with Crippen LogP contribution in [0.4, 0.5) is 0 Å². The lowest BCUT2D eigenvalue weighted by Gasteiger charge is -2.27. The van der Waals surface area contributed by atoms with Crippen molar-refractivity contribution in [2.24, 2.45) is 0 Å². The number of rotatable bonds is 9. The van der Waals surface area contributed by atoms with E-state index in [4.69, 9.17) is 4.74 Å². The first kappa shape index (κ1) is 20.7. The highest BCUT2D eigenvalue weighted by Gasteiger charge is 2.53. The molecule has 5 heteroatoms. The minimum absolute atomic E-state index is 0.160. The van der Waals surface area contributed by atoms with Crippen LogP contribution in [0.25, 0.3) is 0 Å². The largest absolute Gasteiger partial charge is 0.382 e. The van der Waals surface area contributed by atoms with Crippen molar-refractivity contribution >= 4 is 10.8 Å². The predicted octanol–water partition coefficient (Wildman–Crippen LogP) is 3.00. The van der Waals surface area contributed by atoms with Crippen LogP contribution in [0.5, 0.6) is 0 Å². The van der Waals surface area contributed by atoms with Gasteiger partial charge in [0.05, 0.1) is 10.5 Å². The van der Waals surface area contributed by atoms with Crippen molar-refractivity contribution in [3.63, 3.8) is 0 Å². The Kier molecular flexibility index (Phi) is 7.14. The molecule has 2 aromatic carbocycles. The molecule has 2 fully saturated rings. The van der Waals surface area contributed by atoms with Gasteiger partial charge in [-0.05, 0) is 37.3 Å². The Balaban J connectivity index is 1.53. The summed E-state index contributed by atoms with van der Waals surface area (Å²) in [6, 6.07) is 21.7. The Morgan fingerprint density at radius 3 is 2.24 bits per heavy atom. The standard InChI is InChI=1S/C24H32N2O2S/c1-2-28-15-9-14-26-18-25-23-21(16-19-10-5-3-6-11-19)29(27)22(24(23)26)17-20-12-7-4-8-13-20/h3-8,10-13,21-25H,2,9,14-18H2,1H3/t21?,22?,23?,24-,29?/m0/s1. The quantitative estimate of drug-likeness (QED) is 0.643. The maximum atomic E-state index is 13.7. The molecule has 156 valence electrons. The Bertz CT molecular complexity index is 786. The van der Waals surface area contributed by atoms with Gasteiger partial charge in [-0.3, -0.25) is 14.4 Å². The summed E-state index contributed by atoms with van der Waals surface area (Å²) < 4.78 is 19.2. The van der Waals surface area contributed by atoms with Gasteiger partial charge in [0.2, 0.25) is 0 Å². The van der Waals surface area contributed by atoms with E-state index in [1.54, 1.807) is 0 Å². The molecule has 1 N–H and O–H groups in total. The smallest absolute Gasteiger partial charge is 0.0563 e. The van der Waals surface area contributed by atoms with E-state index in [-0.39, 0.29) is 16.5 Å². The van der Waals surface area contributed by atoms with Crippen molar-refractivity contribution in [1.29, 1.82) is 0 Å². The summed E-state index contributed by atoms with van der Waals surface area (Å²) in [6.45, 7) is 5.48. The second-order valence-electron chi connectivity index (χ2n) is 8.03. The maximum Gasteiger partial charge on any atom is 0.0563 e. The number of ether oxygens (including phenoxy) is 1. The predicted molar refractivity (Wildman–Crippen MR) is 119 cm³/mol. The molecule has 0 spiro atoms. The van der Waals surface area contributed by atoms with Gasteiger partial charge in [-0.25, -0.2) is 0 Å². The van der Waals surface area contributed by atoms with E-state index in [1.165, 1.54) is 11.1 Å². The van der Waals surface area contributed by atoms with Gasteiger partial charge >= 0.3 is 0 Å². The third-order valence-corrected chi connectivity index (χ3v) is 8.29. The average Bonchev–Trinajstić information content (AvgIpc) is 3.27. The number of hydrogen-bond donors (Lipinski definition) is 1. The van der Waals surface area contributed by atoms with Crippen LogP contribution in [0.1, 0.15) is 24.5 Å². The SMILES string of the molecule is CCOCCCN1CNC2C(Cc3ccccc3)S(=O)C(Cc3ccccc3)[C@@H]21. The minimum Gasteiger partial charge on any atom is -0.382 e. The lowest BCUT2D eigenvalue weighted by atomic mass is 9.95. The monoisotopic (exact) mass is 412 g/mol. The van der Waals surface area contributed by atoms with Crippen molar-refractivity contribution < 1.29 is 8.95 Å². The fourth-order valence-electron chi connectivity index (χ4n) is 4.85. The molecule has 2 aliphatic heterocycles. The lowest BCUT2D eigenvalue weighted by Crippen LogP contribution is -2.43. The number of benzene rings is 2. The van der Waals surface area contributed by atoms with Gasteiger partial charge in [0.15, 0.2) is 0 Å². The summed E-state index contributed by atoms with van der Waals surface area (Å²) in [4.78, 5) is 2.51. The van der Waals surface area contributed by atoms with E-state index in [0.717, 1.165) is 45.7 Å². The van der Waals surface area contributed by atoms with Crippen LogP contribution in [0.15, 0.2) is 60.7 Å². The van der Waals surface area contributed by atoms with Gasteiger partial charge < -0.3 is 4.74 Å². The summed E-state index contributed by atoms with van der Waals surface area (Å²) in [5.74, 6) is 0. The van der Waals surface area contributed by atoms with Gasteiger partial charge in [-0.2, -0.15) is 0 Å². The second-order valence-corrected chi connectivity index (χ2v) is 9.89. The van der Waals surface area contributed by atoms with Gasteiger partial charge in [0.25, 0.3) is 0 Å². The molecule has 5 atom stereocenters. The van der Waals surface area contributed by atoms with Crippen LogP contribution in [-0.2, 0) is 28.4 Å². The van der Waals surface area contributed by atoms with Crippen LogP contribution in [-0.4, -0.2) is 58.1 Å². The summed E-state index contributed by atoms with van der Waals surface area (Å²) in [5.41, 5.74) is 2.56. The third kappa shape index (κ3) is 4.80. The molecule has 4 rings (SSSR count). The molecule has 2 saturated heterocycles. The summed E-state index contributed by atoms with van der Waals surface area (Å²) in [5, 5.41) is 4.04. The van der Waals surface area contributed by atoms with E-state index in [0.29, 0.717) is 6.04 Å². The number of nitrogens with zero attached hydrogens (tertiary/aromatic N) is 1. The first-order valence-corrected chi connectivity index (χ1v) is 12.1. The molecule has 2 aliphatic rings. The Morgan fingerprint density at radius 1 is 1.00 bits per heavy atom. The topological polar surface area (TPSA) is 41.6 Å². The third-order valence-electron chi connectivity index (χ3n) is 6.20. The second kappa shape index (κ2) is 9.98. The number of hydrogen-bond acceptors (Lipinski definition) is 4. The molecule has 29 heavy (non-hydrogen) atoms. The fraction of sp³-hybridized carbons (Fsp3) is 0.500. The molecule has 0 bridgehead atoms. The molecule has 0 amide bonds. The summed E-state index contributed by atoms with van der Waals surface area (Å²) in [6.07, 6.45) is 2.77. The molecular formula is C24H32N2O2S. The van der Waals surface area contributed by atoms with Gasteiger partial charge in [-0.15, -0.1) is 0 Å². The van der Waals surface area contributed by atoms with Crippen LogP contribution in [0.3, 0.4) is 0 Å². The van der Waals surface area contributed by atoms with E-state index < -0.39 is 10.8 Å². The average molecular weight is 413 g/mol. The first-order valence-electron chi connectivity index (χ1n) is 10.8. The number of nitrogens with one attached hydrogen (secondary N) is 1. The molecule has 2 aromatic rings. The molecule has 0 saturated carbocycles. The van der Waals surface area contributed by atoms with Gasteiger partial charge in [0.1, 0.15) is 0 Å². The summed E-state index contributed by atoms with van der Waals surface area (Å²) in [7, 11) is -0.873. The van der Waals surface area contributed by atoms with Crippen molar-refractivity contribution in [3.05, 3.63) is 71.8 Å². The van der Waals surface area contributed by atoms with Crippen LogP contribution in [0.2, 0.25) is 0 Å². The highest BCUT2D eigenvalue weighted by Crippen LogP contribution is 2.36. The molecule has 4 unspecified atom stereocenters. The molecular weight excluding hydrogens is 380 g/mol. The zero-order chi connectivity index (χ0) is 20.1. The Morgan fingerprint density at radius 2 is 1.62 bits per heavy atom. The van der Waals surface area contributed by atoms with Gasteiger partial charge in [-0.1, -0.05) is 60.7 Å². The molecule has 0 radical (unpaired) electrons. The molecule has 0 aromatic heterocycles. The lowest BCUT2D eigenvalue weighted by molar-refractivity contribution is 0.128. The fourth-order valence-corrected chi connectivity index (χ4v) is 7.17. The molecule has 4 nitrogen and oxygen atoms in total. The number of fused-ring (bicyclic) bond motifs is 1. The maximum absolute atomic E-state index is 13.7.